The third-order valence-electron chi connectivity index (χ3n) is 5.20. The monoisotopic (exact) mass is 442 g/mol. The maximum absolute atomic E-state index is 13.3. The molecule has 0 aliphatic carbocycles. The van der Waals surface area contributed by atoms with Crippen LogP contribution in [0.25, 0.3) is 22.5 Å². The number of hydrogen-bond donors (Lipinski definition) is 2. The number of anilines is 2. The molecule has 2 aromatic carbocycles. The first-order valence-corrected chi connectivity index (χ1v) is 10.1. The van der Waals surface area contributed by atoms with Crippen LogP contribution in [0.3, 0.4) is 0 Å². The molecule has 0 saturated heterocycles. The Hall–Kier alpha value is -4.66. The Morgan fingerprint density at radius 3 is 2.64 bits per heavy atom. The van der Waals surface area contributed by atoms with Crippen LogP contribution in [-0.2, 0) is 4.84 Å². The number of aryl methyl sites for hydroxylation is 1. The Labute approximate surface area is 188 Å². The van der Waals surface area contributed by atoms with Crippen molar-refractivity contribution in [2.45, 2.75) is 6.92 Å². The van der Waals surface area contributed by atoms with Gasteiger partial charge in [0.2, 0.25) is 5.95 Å². The van der Waals surface area contributed by atoms with Gasteiger partial charge >= 0.3 is 6.03 Å². The summed E-state index contributed by atoms with van der Waals surface area (Å²) in [6.07, 6.45) is 6.61. The summed E-state index contributed by atoms with van der Waals surface area (Å²) >= 11 is 0. The van der Waals surface area contributed by atoms with Gasteiger partial charge in [0, 0.05) is 23.0 Å². The van der Waals surface area contributed by atoms with E-state index in [1.807, 2.05) is 43.5 Å². The number of fused-ring (bicyclic) bond motifs is 1. The van der Waals surface area contributed by atoms with E-state index >= 15 is 0 Å². The second-order valence-corrected chi connectivity index (χ2v) is 7.44. The number of nitrogens with one attached hydrogen (secondary N) is 1. The highest BCUT2D eigenvalue weighted by Gasteiger charge is 2.23. The van der Waals surface area contributed by atoms with Crippen molar-refractivity contribution >= 4 is 29.0 Å². The fourth-order valence-corrected chi connectivity index (χ4v) is 3.52. The van der Waals surface area contributed by atoms with Gasteiger partial charge in [-0.1, -0.05) is 12.1 Å². The van der Waals surface area contributed by atoms with Crippen molar-refractivity contribution in [3.63, 3.8) is 0 Å². The number of nitrogens with zero attached hydrogens (tertiary/aromatic N) is 4. The topological polar surface area (TPSA) is 97.8 Å². The first-order valence-electron chi connectivity index (χ1n) is 10.1. The predicted octanol–water partition coefficient (Wildman–Crippen LogP) is 4.76. The lowest BCUT2D eigenvalue weighted by atomic mass is 10.0. The zero-order valence-corrected chi connectivity index (χ0v) is 17.6. The molecule has 0 atom stereocenters. The zero-order valence-electron chi connectivity index (χ0n) is 17.6. The van der Waals surface area contributed by atoms with Crippen molar-refractivity contribution in [1.29, 1.82) is 0 Å². The number of hydroxylamine groups is 2. The van der Waals surface area contributed by atoms with E-state index in [-0.39, 0.29) is 11.8 Å². The third kappa shape index (κ3) is 3.99. The van der Waals surface area contributed by atoms with Crippen LogP contribution in [0.15, 0.2) is 79.2 Å². The third-order valence-corrected chi connectivity index (χ3v) is 5.20. The molecule has 0 saturated carbocycles. The minimum Gasteiger partial charge on any atom is -0.378 e. The molecular weight excluding hydrogens is 423 g/mol. The minimum absolute atomic E-state index is 0.199. The van der Waals surface area contributed by atoms with E-state index in [4.69, 9.17) is 10.6 Å². The summed E-state index contributed by atoms with van der Waals surface area (Å²) in [7, 11) is 0. The lowest BCUT2D eigenvalue weighted by Crippen LogP contribution is -2.33. The number of allylic oxidation sites excluding steroid dienone is 2. The Bertz CT molecular complexity index is 1420. The molecule has 0 radical (unpaired) electrons. The summed E-state index contributed by atoms with van der Waals surface area (Å²) in [5.41, 5.74) is 10.7. The summed E-state index contributed by atoms with van der Waals surface area (Å²) in [6, 6.07) is 14.8. The summed E-state index contributed by atoms with van der Waals surface area (Å²) < 4.78 is 14.9. The number of halogens is 1. The highest BCUT2D eigenvalue weighted by Crippen LogP contribution is 2.28. The number of nitrogen functional groups attached to an aromatic ring is 1. The number of nitrogens with two attached hydrogens (primary N) is 1. The van der Waals surface area contributed by atoms with E-state index in [1.165, 1.54) is 18.4 Å². The molecule has 3 heterocycles. The first-order chi connectivity index (χ1) is 16.0. The molecule has 5 rings (SSSR count). The van der Waals surface area contributed by atoms with Crippen molar-refractivity contribution in [2.24, 2.45) is 0 Å². The molecule has 2 aromatic heterocycles. The summed E-state index contributed by atoms with van der Waals surface area (Å²) in [5, 5.41) is 8.18. The zero-order chi connectivity index (χ0) is 22.9. The van der Waals surface area contributed by atoms with Gasteiger partial charge in [-0.05, 0) is 72.7 Å². The van der Waals surface area contributed by atoms with Gasteiger partial charge in [0.25, 0.3) is 0 Å². The molecule has 33 heavy (non-hydrogen) atoms. The van der Waals surface area contributed by atoms with Crippen LogP contribution in [-0.4, -0.2) is 25.7 Å². The van der Waals surface area contributed by atoms with Gasteiger partial charge in [-0.15, -0.1) is 10.2 Å². The SMILES string of the molecule is Cc1ccc(-c2ccc3nc(N)nn3c2)cc1NC(=O)N1OC=CC=C1c1ccc(F)cc1. The van der Waals surface area contributed by atoms with Gasteiger partial charge in [-0.3, -0.25) is 0 Å². The number of pyridine rings is 1. The molecule has 0 bridgehead atoms. The van der Waals surface area contributed by atoms with Gasteiger partial charge in [0.05, 0.1) is 5.70 Å². The van der Waals surface area contributed by atoms with Crippen LogP contribution in [0.4, 0.5) is 20.8 Å². The number of benzene rings is 2. The molecule has 0 fully saturated rings. The summed E-state index contributed by atoms with van der Waals surface area (Å²) in [5.74, 6) is -0.161. The van der Waals surface area contributed by atoms with Crippen molar-refractivity contribution in [2.75, 3.05) is 11.1 Å². The van der Waals surface area contributed by atoms with Gasteiger partial charge in [0.15, 0.2) is 5.65 Å². The molecule has 0 unspecified atom stereocenters. The number of rotatable bonds is 3. The van der Waals surface area contributed by atoms with Crippen LogP contribution in [0, 0.1) is 12.7 Å². The lowest BCUT2D eigenvalue weighted by Gasteiger charge is -2.26. The number of carbonyl (C=O) groups is 1. The molecule has 1 aliphatic heterocycles. The van der Waals surface area contributed by atoms with Crippen LogP contribution >= 0.6 is 0 Å². The highest BCUT2D eigenvalue weighted by molar-refractivity contribution is 5.96. The number of carbonyl (C=O) groups excluding carboxylic acids is 1. The molecule has 164 valence electrons. The Morgan fingerprint density at radius 2 is 1.82 bits per heavy atom. The maximum Gasteiger partial charge on any atom is 0.359 e. The lowest BCUT2D eigenvalue weighted by molar-refractivity contribution is 0.000724. The van der Waals surface area contributed by atoms with Crippen molar-refractivity contribution < 1.29 is 14.0 Å². The molecule has 1 aliphatic rings. The number of urea groups is 1. The number of amides is 2. The maximum atomic E-state index is 13.3. The molecule has 8 nitrogen and oxygen atoms in total. The average molecular weight is 442 g/mol. The molecule has 0 spiro atoms. The van der Waals surface area contributed by atoms with Crippen molar-refractivity contribution in [1.82, 2.24) is 19.7 Å². The Kier molecular flexibility index (Phi) is 4.98. The smallest absolute Gasteiger partial charge is 0.359 e. The second-order valence-electron chi connectivity index (χ2n) is 7.44. The van der Waals surface area contributed by atoms with Crippen molar-refractivity contribution in [3.8, 4) is 11.1 Å². The van der Waals surface area contributed by atoms with E-state index < -0.39 is 6.03 Å². The Balaban J connectivity index is 1.42. The van der Waals surface area contributed by atoms with Gasteiger partial charge in [-0.25, -0.2) is 13.7 Å². The van der Waals surface area contributed by atoms with Crippen molar-refractivity contribution in [3.05, 3.63) is 96.2 Å². The van der Waals surface area contributed by atoms with Gasteiger partial charge in [0.1, 0.15) is 12.1 Å². The van der Waals surface area contributed by atoms with Crippen LogP contribution < -0.4 is 11.1 Å². The molecule has 9 heteroatoms. The Morgan fingerprint density at radius 1 is 1.06 bits per heavy atom. The van der Waals surface area contributed by atoms with E-state index in [9.17, 15) is 9.18 Å². The summed E-state index contributed by atoms with van der Waals surface area (Å²) in [4.78, 5) is 22.7. The number of aromatic nitrogens is 3. The largest absolute Gasteiger partial charge is 0.378 e. The highest BCUT2D eigenvalue weighted by atomic mass is 19.1. The minimum atomic E-state index is -0.491. The van der Waals surface area contributed by atoms with Crippen LogP contribution in [0.1, 0.15) is 11.1 Å². The van der Waals surface area contributed by atoms with E-state index in [1.54, 1.807) is 28.8 Å². The quantitative estimate of drug-likeness (QED) is 0.477. The normalized spacial score (nSPS) is 13.0. The average Bonchev–Trinajstić information content (AvgIpc) is 3.20. The second kappa shape index (κ2) is 8.12. The predicted molar refractivity (Wildman–Crippen MR) is 123 cm³/mol. The first kappa shape index (κ1) is 20.3. The van der Waals surface area contributed by atoms with Crippen LogP contribution in [0.2, 0.25) is 0 Å². The fourth-order valence-electron chi connectivity index (χ4n) is 3.52. The van der Waals surface area contributed by atoms with E-state index in [0.717, 1.165) is 21.8 Å². The molecule has 2 amide bonds. The van der Waals surface area contributed by atoms with Gasteiger partial charge in [-0.2, -0.15) is 4.98 Å². The van der Waals surface area contributed by atoms with Crippen LogP contribution in [0.5, 0.6) is 0 Å². The fraction of sp³-hybridized carbons (Fsp3) is 0.0417. The summed E-state index contributed by atoms with van der Waals surface area (Å²) in [6.45, 7) is 1.90. The number of hydrogen-bond acceptors (Lipinski definition) is 5. The molecule has 4 aromatic rings. The van der Waals surface area contributed by atoms with Gasteiger partial charge < -0.3 is 15.9 Å². The van der Waals surface area contributed by atoms with E-state index in [2.05, 4.69) is 15.4 Å². The van der Waals surface area contributed by atoms with E-state index in [0.29, 0.717) is 22.6 Å². The molecule has 3 N–H and O–H groups in total. The molecular formula is C24H19FN6O2. The standard InChI is InChI=1S/C24H19FN6O2/c1-15-4-5-17(18-8-11-22-28-23(26)29-30(22)14-18)13-20(15)27-24(32)31-21(3-2-12-33-31)16-6-9-19(25)10-7-16/h2-14H,1H3,(H2,26,29)(H,27,32).